The molecule has 3 aromatic rings. The highest BCUT2D eigenvalue weighted by atomic mass is 16.5. The molecule has 1 aromatic heterocycles. The number of fused-ring (bicyclic) bond motifs is 4. The zero-order chi connectivity index (χ0) is 24.2. The van der Waals surface area contributed by atoms with E-state index in [1.54, 1.807) is 30.3 Å². The van der Waals surface area contributed by atoms with Crippen molar-refractivity contribution >= 4 is 28.8 Å². The third kappa shape index (κ3) is 3.36. The standard InChI is InChI=1S/C26H26N4O4/c1-26(2)19-12-22(34-16-6-8-29(3)9-7-16)21(30(33)14-31)11-18(19)24(32)23-17-5-4-15(13-27)10-20(17)28-25(23)26/h4-5,10-12,14,16,28,33H,6-9H2,1-3H3. The molecule has 2 aliphatic rings. The summed E-state index contributed by atoms with van der Waals surface area (Å²) in [5.41, 5.74) is 3.26. The number of benzene rings is 2. The minimum absolute atomic E-state index is 0.0523. The molecule has 8 nitrogen and oxygen atoms in total. The summed E-state index contributed by atoms with van der Waals surface area (Å²) in [5, 5.41) is 20.8. The molecule has 0 unspecified atom stereocenters. The van der Waals surface area contributed by atoms with Crippen LogP contribution in [0.5, 0.6) is 5.75 Å². The number of likely N-dealkylation sites (tertiary alicyclic amines) is 1. The van der Waals surface area contributed by atoms with Crippen LogP contribution < -0.4 is 9.80 Å². The average molecular weight is 459 g/mol. The first-order chi connectivity index (χ1) is 16.2. The summed E-state index contributed by atoms with van der Waals surface area (Å²) >= 11 is 0. The van der Waals surface area contributed by atoms with Crippen molar-refractivity contribution in [1.82, 2.24) is 9.88 Å². The molecule has 174 valence electrons. The van der Waals surface area contributed by atoms with Gasteiger partial charge in [-0.2, -0.15) is 10.3 Å². The summed E-state index contributed by atoms with van der Waals surface area (Å²) in [4.78, 5) is 30.8. The number of carbonyl (C=O) groups is 2. The summed E-state index contributed by atoms with van der Waals surface area (Å²) in [6.07, 6.45) is 1.90. The van der Waals surface area contributed by atoms with Crippen LogP contribution in [0.25, 0.3) is 10.9 Å². The number of amides is 1. The molecule has 1 saturated heterocycles. The van der Waals surface area contributed by atoms with Gasteiger partial charge in [-0.15, -0.1) is 0 Å². The zero-order valence-electron chi connectivity index (χ0n) is 19.4. The third-order valence-corrected chi connectivity index (χ3v) is 7.10. The second-order valence-corrected chi connectivity index (χ2v) is 9.64. The van der Waals surface area contributed by atoms with Crippen molar-refractivity contribution in [3.05, 3.63) is 58.3 Å². The highest BCUT2D eigenvalue weighted by Crippen LogP contribution is 2.47. The van der Waals surface area contributed by atoms with Crippen LogP contribution >= 0.6 is 0 Å². The quantitative estimate of drug-likeness (QED) is 0.350. The summed E-state index contributed by atoms with van der Waals surface area (Å²) in [6.45, 7) is 5.84. The van der Waals surface area contributed by atoms with E-state index in [9.17, 15) is 20.1 Å². The molecule has 2 N–H and O–H groups in total. The van der Waals surface area contributed by atoms with E-state index in [0.717, 1.165) is 48.1 Å². The lowest BCUT2D eigenvalue weighted by Crippen LogP contribution is -2.36. The Labute approximate surface area is 197 Å². The molecule has 2 aromatic carbocycles. The summed E-state index contributed by atoms with van der Waals surface area (Å²) in [6, 6.07) is 10.7. The number of carbonyl (C=O) groups excluding carboxylic acids is 2. The van der Waals surface area contributed by atoms with Gasteiger partial charge in [0.25, 0.3) is 0 Å². The molecule has 1 aliphatic carbocycles. The molecule has 0 atom stereocenters. The van der Waals surface area contributed by atoms with E-state index in [2.05, 4.69) is 23.0 Å². The second-order valence-electron chi connectivity index (χ2n) is 9.64. The number of hydrogen-bond donors (Lipinski definition) is 2. The number of hydrogen-bond acceptors (Lipinski definition) is 6. The molecule has 0 radical (unpaired) electrons. The molecule has 0 saturated carbocycles. The van der Waals surface area contributed by atoms with Crippen LogP contribution in [-0.4, -0.2) is 53.5 Å². The van der Waals surface area contributed by atoms with Crippen LogP contribution in [0.2, 0.25) is 0 Å². The highest BCUT2D eigenvalue weighted by molar-refractivity contribution is 6.20. The number of hydroxylamine groups is 1. The fourth-order valence-corrected chi connectivity index (χ4v) is 5.13. The maximum atomic E-state index is 13.7. The Hall–Kier alpha value is -3.67. The Morgan fingerprint density at radius 2 is 2.00 bits per heavy atom. The summed E-state index contributed by atoms with van der Waals surface area (Å²) < 4.78 is 6.28. The number of anilines is 1. The van der Waals surface area contributed by atoms with E-state index < -0.39 is 5.41 Å². The van der Waals surface area contributed by atoms with Gasteiger partial charge in [-0.25, -0.2) is 0 Å². The topological polar surface area (TPSA) is 110 Å². The Bertz CT molecular complexity index is 1360. The smallest absolute Gasteiger partial charge is 0.238 e. The molecule has 1 amide bonds. The summed E-state index contributed by atoms with van der Waals surface area (Å²) in [5.74, 6) is 0.168. The van der Waals surface area contributed by atoms with Crippen LogP contribution in [0.3, 0.4) is 0 Å². The molecule has 8 heteroatoms. The monoisotopic (exact) mass is 458 g/mol. The Morgan fingerprint density at radius 1 is 1.26 bits per heavy atom. The number of ether oxygens (including phenoxy) is 1. The van der Waals surface area contributed by atoms with Gasteiger partial charge >= 0.3 is 0 Å². The maximum absolute atomic E-state index is 13.7. The molecule has 2 heterocycles. The van der Waals surface area contributed by atoms with E-state index in [1.165, 1.54) is 0 Å². The first-order valence-corrected chi connectivity index (χ1v) is 11.3. The zero-order valence-corrected chi connectivity index (χ0v) is 19.4. The maximum Gasteiger partial charge on any atom is 0.238 e. The lowest BCUT2D eigenvalue weighted by Gasteiger charge is -2.34. The molecular formula is C26H26N4O4. The van der Waals surface area contributed by atoms with Gasteiger partial charge < -0.3 is 14.6 Å². The largest absolute Gasteiger partial charge is 0.488 e. The third-order valence-electron chi connectivity index (χ3n) is 7.10. The minimum atomic E-state index is -0.588. The van der Waals surface area contributed by atoms with Gasteiger partial charge in [0.15, 0.2) is 5.78 Å². The lowest BCUT2D eigenvalue weighted by atomic mass is 9.71. The molecule has 0 spiro atoms. The first kappa shape index (κ1) is 22.1. The van der Waals surface area contributed by atoms with Crippen LogP contribution in [-0.2, 0) is 10.2 Å². The first-order valence-electron chi connectivity index (χ1n) is 11.3. The van der Waals surface area contributed by atoms with E-state index in [4.69, 9.17) is 4.74 Å². The predicted octanol–water partition coefficient (Wildman–Crippen LogP) is 3.73. The van der Waals surface area contributed by atoms with Crippen molar-refractivity contribution < 1.29 is 19.5 Å². The number of piperidine rings is 1. The highest BCUT2D eigenvalue weighted by Gasteiger charge is 2.41. The van der Waals surface area contributed by atoms with Gasteiger partial charge in [0.2, 0.25) is 6.41 Å². The molecular weight excluding hydrogens is 432 g/mol. The van der Waals surface area contributed by atoms with Crippen molar-refractivity contribution in [3.8, 4) is 11.8 Å². The number of aromatic amines is 1. The fraction of sp³-hybridized carbons (Fsp3) is 0.346. The van der Waals surface area contributed by atoms with Gasteiger partial charge in [0.05, 0.1) is 17.2 Å². The minimum Gasteiger partial charge on any atom is -0.488 e. The number of H-pyrrole nitrogens is 1. The average Bonchev–Trinajstić information content (AvgIpc) is 3.23. The van der Waals surface area contributed by atoms with Crippen molar-refractivity contribution in [3.63, 3.8) is 0 Å². The molecule has 1 aliphatic heterocycles. The van der Waals surface area contributed by atoms with Crippen molar-refractivity contribution in [2.24, 2.45) is 0 Å². The predicted molar refractivity (Wildman–Crippen MR) is 126 cm³/mol. The Morgan fingerprint density at radius 3 is 2.68 bits per heavy atom. The van der Waals surface area contributed by atoms with Gasteiger partial charge in [-0.1, -0.05) is 19.9 Å². The summed E-state index contributed by atoms with van der Waals surface area (Å²) in [7, 11) is 2.06. The van der Waals surface area contributed by atoms with Gasteiger partial charge in [-0.05, 0) is 49.7 Å². The van der Waals surface area contributed by atoms with Crippen molar-refractivity contribution in [2.45, 2.75) is 38.2 Å². The van der Waals surface area contributed by atoms with Crippen molar-refractivity contribution in [2.75, 3.05) is 25.2 Å². The molecule has 5 rings (SSSR count). The number of nitriles is 1. The second kappa shape index (κ2) is 7.97. The van der Waals surface area contributed by atoms with E-state index >= 15 is 0 Å². The van der Waals surface area contributed by atoms with Gasteiger partial charge in [0, 0.05) is 40.7 Å². The molecule has 1 fully saturated rings. The number of aromatic nitrogens is 1. The van der Waals surface area contributed by atoms with E-state index in [-0.39, 0.29) is 17.6 Å². The fourth-order valence-electron chi connectivity index (χ4n) is 5.13. The van der Waals surface area contributed by atoms with E-state index in [1.807, 2.05) is 13.8 Å². The number of nitrogens with zero attached hydrogens (tertiary/aromatic N) is 3. The normalized spacial score (nSPS) is 17.7. The molecule has 34 heavy (non-hydrogen) atoms. The van der Waals surface area contributed by atoms with E-state index in [0.29, 0.717) is 33.9 Å². The number of rotatable bonds is 4. The number of ketones is 1. The molecule has 0 bridgehead atoms. The van der Waals surface area contributed by atoms with Crippen LogP contribution in [0.1, 0.15) is 59.4 Å². The SMILES string of the molecule is CN1CCC(Oc2cc3c(cc2N(O)C=O)C(=O)c2c([nH]c4cc(C#N)ccc24)C3(C)C)CC1. The van der Waals surface area contributed by atoms with Crippen LogP contribution in [0.4, 0.5) is 5.69 Å². The van der Waals surface area contributed by atoms with Gasteiger partial charge in [0.1, 0.15) is 17.5 Å². The Balaban J connectivity index is 1.66. The van der Waals surface area contributed by atoms with Crippen LogP contribution in [0.15, 0.2) is 30.3 Å². The lowest BCUT2D eigenvalue weighted by molar-refractivity contribution is -0.111. The van der Waals surface area contributed by atoms with Crippen molar-refractivity contribution in [1.29, 1.82) is 5.26 Å². The van der Waals surface area contributed by atoms with Crippen LogP contribution in [0, 0.1) is 11.3 Å². The Kier molecular flexibility index (Phi) is 5.19. The number of nitrogens with one attached hydrogen (secondary N) is 1. The van der Waals surface area contributed by atoms with Gasteiger partial charge in [-0.3, -0.25) is 14.8 Å².